The van der Waals surface area contributed by atoms with Gasteiger partial charge in [0, 0.05) is 24.2 Å². The van der Waals surface area contributed by atoms with E-state index >= 15 is 0 Å². The van der Waals surface area contributed by atoms with Gasteiger partial charge in [-0.15, -0.1) is 0 Å². The van der Waals surface area contributed by atoms with Crippen LogP contribution in [0.15, 0.2) is 48.5 Å². The molecule has 1 atom stereocenters. The highest BCUT2D eigenvalue weighted by Gasteiger charge is 2.36. The molecule has 1 saturated heterocycles. The lowest BCUT2D eigenvalue weighted by atomic mass is 10.1. The lowest BCUT2D eigenvalue weighted by Crippen LogP contribution is -2.27. The molecule has 0 saturated carbocycles. The number of Topliss-reactive ketones (excluding diaryl/α,β-unsaturated/α-hetero) is 1. The quantitative estimate of drug-likeness (QED) is 0.437. The van der Waals surface area contributed by atoms with Crippen molar-refractivity contribution < 1.29 is 33.4 Å². The molecule has 0 unspecified atom stereocenters. The topological polar surface area (TPSA) is 99.2 Å². The molecule has 2 aromatic rings. The summed E-state index contributed by atoms with van der Waals surface area (Å²) in [4.78, 5) is 50.4. The minimum absolute atomic E-state index is 0.00411. The molecule has 0 aromatic heterocycles. The lowest BCUT2D eigenvalue weighted by Gasteiger charge is -2.17. The molecule has 0 N–H and O–H groups in total. The highest BCUT2D eigenvalue weighted by molar-refractivity contribution is 6.01. The summed E-state index contributed by atoms with van der Waals surface area (Å²) in [5.74, 6) is -1.63. The van der Waals surface area contributed by atoms with E-state index in [1.807, 2.05) is 6.92 Å². The van der Waals surface area contributed by atoms with E-state index in [2.05, 4.69) is 0 Å². The second kappa shape index (κ2) is 10.6. The number of carbonyl (C=O) groups excluding carboxylic acids is 4. The Morgan fingerprint density at radius 2 is 1.62 bits per heavy atom. The SMILES string of the molecule is CCCOC(=O)c1ccc(N2C[C@H](C(=O)OCC(=O)c3ccc(OC)cc3)CC2=O)cc1. The molecule has 0 spiro atoms. The van der Waals surface area contributed by atoms with Crippen LogP contribution in [0.4, 0.5) is 5.69 Å². The van der Waals surface area contributed by atoms with Crippen molar-refractivity contribution in [3.8, 4) is 5.75 Å². The molecule has 1 amide bonds. The predicted molar refractivity (Wildman–Crippen MR) is 116 cm³/mol. The van der Waals surface area contributed by atoms with E-state index in [9.17, 15) is 19.2 Å². The first kappa shape index (κ1) is 23.0. The monoisotopic (exact) mass is 439 g/mol. The summed E-state index contributed by atoms with van der Waals surface area (Å²) >= 11 is 0. The Bertz CT molecular complexity index is 982. The van der Waals surface area contributed by atoms with E-state index in [4.69, 9.17) is 14.2 Å². The fourth-order valence-corrected chi connectivity index (χ4v) is 3.29. The average Bonchev–Trinajstić information content (AvgIpc) is 3.22. The molecule has 0 aliphatic carbocycles. The molecular formula is C24H25NO7. The van der Waals surface area contributed by atoms with E-state index in [0.29, 0.717) is 29.2 Å². The number of esters is 2. The molecule has 0 radical (unpaired) electrons. The Labute approximate surface area is 186 Å². The van der Waals surface area contributed by atoms with Gasteiger partial charge >= 0.3 is 11.9 Å². The molecule has 8 nitrogen and oxygen atoms in total. The molecule has 32 heavy (non-hydrogen) atoms. The summed E-state index contributed by atoms with van der Waals surface area (Å²) in [5, 5.41) is 0. The van der Waals surface area contributed by atoms with Crippen molar-refractivity contribution in [2.24, 2.45) is 5.92 Å². The Hall–Kier alpha value is -3.68. The van der Waals surface area contributed by atoms with Crippen LogP contribution in [0.3, 0.4) is 0 Å². The van der Waals surface area contributed by atoms with Crippen molar-refractivity contribution in [2.45, 2.75) is 19.8 Å². The third-order valence-corrected chi connectivity index (χ3v) is 5.07. The van der Waals surface area contributed by atoms with Crippen molar-refractivity contribution in [2.75, 3.05) is 31.8 Å². The molecule has 3 rings (SSSR count). The molecular weight excluding hydrogens is 414 g/mol. The van der Waals surface area contributed by atoms with Gasteiger partial charge in [-0.1, -0.05) is 6.92 Å². The van der Waals surface area contributed by atoms with Gasteiger partial charge in [-0.2, -0.15) is 0 Å². The number of hydrogen-bond donors (Lipinski definition) is 0. The van der Waals surface area contributed by atoms with Crippen LogP contribution in [-0.2, 0) is 19.1 Å². The largest absolute Gasteiger partial charge is 0.497 e. The third kappa shape index (κ3) is 5.51. The molecule has 1 aliphatic heterocycles. The molecule has 1 fully saturated rings. The highest BCUT2D eigenvalue weighted by Crippen LogP contribution is 2.26. The number of amides is 1. The molecule has 2 aromatic carbocycles. The molecule has 8 heteroatoms. The second-order valence-corrected chi connectivity index (χ2v) is 7.35. The zero-order valence-electron chi connectivity index (χ0n) is 18.0. The summed E-state index contributed by atoms with van der Waals surface area (Å²) in [7, 11) is 1.53. The van der Waals surface area contributed by atoms with E-state index in [-0.39, 0.29) is 24.7 Å². The second-order valence-electron chi connectivity index (χ2n) is 7.35. The summed E-state index contributed by atoms with van der Waals surface area (Å²) in [6.45, 7) is 2.00. The van der Waals surface area contributed by atoms with Gasteiger partial charge in [0.25, 0.3) is 0 Å². The summed E-state index contributed by atoms with van der Waals surface area (Å²) in [6, 6.07) is 12.9. The van der Waals surface area contributed by atoms with Crippen LogP contribution in [-0.4, -0.2) is 50.5 Å². The molecule has 1 aliphatic rings. The standard InChI is InChI=1S/C24H25NO7/c1-3-12-31-23(28)17-4-8-19(9-5-17)25-14-18(13-22(25)27)24(29)32-15-21(26)16-6-10-20(30-2)11-7-16/h4-11,18H,3,12-15H2,1-2H3/t18-/m1/s1. The molecule has 1 heterocycles. The van der Waals surface area contributed by atoms with Crippen molar-refractivity contribution in [3.63, 3.8) is 0 Å². The number of methoxy groups -OCH3 is 1. The van der Waals surface area contributed by atoms with E-state index < -0.39 is 24.5 Å². The van der Waals surface area contributed by atoms with Gasteiger partial charge in [0.05, 0.1) is 25.2 Å². The van der Waals surface area contributed by atoms with Gasteiger partial charge in [0.1, 0.15) is 5.75 Å². The normalized spacial score (nSPS) is 15.4. The van der Waals surface area contributed by atoms with Gasteiger partial charge in [0.15, 0.2) is 12.4 Å². The predicted octanol–water partition coefficient (Wildman–Crippen LogP) is 3.04. The average molecular weight is 439 g/mol. The summed E-state index contributed by atoms with van der Waals surface area (Å²) in [6.07, 6.45) is 0.727. The minimum atomic E-state index is -0.666. The van der Waals surface area contributed by atoms with Gasteiger partial charge in [0.2, 0.25) is 5.91 Å². The van der Waals surface area contributed by atoms with E-state index in [1.54, 1.807) is 48.5 Å². The van der Waals surface area contributed by atoms with Crippen molar-refractivity contribution in [3.05, 3.63) is 59.7 Å². The maximum atomic E-state index is 12.4. The fraction of sp³-hybridized carbons (Fsp3) is 0.333. The Kier molecular flexibility index (Phi) is 7.59. The molecule has 168 valence electrons. The molecule has 0 bridgehead atoms. The number of hydrogen-bond acceptors (Lipinski definition) is 7. The maximum Gasteiger partial charge on any atom is 0.338 e. The van der Waals surface area contributed by atoms with Crippen LogP contribution < -0.4 is 9.64 Å². The van der Waals surface area contributed by atoms with Gasteiger partial charge in [-0.25, -0.2) is 4.79 Å². The van der Waals surface area contributed by atoms with Gasteiger partial charge < -0.3 is 19.1 Å². The number of ether oxygens (including phenoxy) is 3. The number of carbonyl (C=O) groups is 4. The minimum Gasteiger partial charge on any atom is -0.497 e. The van der Waals surface area contributed by atoms with Crippen molar-refractivity contribution in [1.29, 1.82) is 0 Å². The summed E-state index contributed by atoms with van der Waals surface area (Å²) < 4.78 is 15.3. The van der Waals surface area contributed by atoms with Gasteiger partial charge in [-0.05, 0) is 55.0 Å². The zero-order valence-corrected chi connectivity index (χ0v) is 18.0. The van der Waals surface area contributed by atoms with Crippen LogP contribution in [0.5, 0.6) is 5.75 Å². The number of rotatable bonds is 9. The lowest BCUT2D eigenvalue weighted by molar-refractivity contribution is -0.147. The Balaban J connectivity index is 1.54. The van der Waals surface area contributed by atoms with Crippen LogP contribution in [0.25, 0.3) is 0 Å². The summed E-state index contributed by atoms with van der Waals surface area (Å²) in [5.41, 5.74) is 1.37. The van der Waals surface area contributed by atoms with E-state index in [1.165, 1.54) is 12.0 Å². The first-order chi connectivity index (χ1) is 15.4. The van der Waals surface area contributed by atoms with Crippen LogP contribution in [0.1, 0.15) is 40.5 Å². The van der Waals surface area contributed by atoms with Crippen LogP contribution in [0, 0.1) is 5.92 Å². The highest BCUT2D eigenvalue weighted by atomic mass is 16.5. The first-order valence-electron chi connectivity index (χ1n) is 10.3. The Morgan fingerprint density at radius 3 is 2.25 bits per heavy atom. The fourth-order valence-electron chi connectivity index (χ4n) is 3.29. The van der Waals surface area contributed by atoms with E-state index in [0.717, 1.165) is 6.42 Å². The smallest absolute Gasteiger partial charge is 0.338 e. The number of ketones is 1. The van der Waals surface area contributed by atoms with Crippen molar-refractivity contribution >= 4 is 29.3 Å². The third-order valence-electron chi connectivity index (χ3n) is 5.07. The Morgan fingerprint density at radius 1 is 0.969 bits per heavy atom. The van der Waals surface area contributed by atoms with Gasteiger partial charge in [-0.3, -0.25) is 14.4 Å². The maximum absolute atomic E-state index is 12.4. The zero-order chi connectivity index (χ0) is 23.1. The number of nitrogens with zero attached hydrogens (tertiary/aromatic N) is 1. The number of benzene rings is 2. The van der Waals surface area contributed by atoms with Crippen LogP contribution in [0.2, 0.25) is 0 Å². The van der Waals surface area contributed by atoms with Crippen molar-refractivity contribution in [1.82, 2.24) is 0 Å². The van der Waals surface area contributed by atoms with Crippen LogP contribution >= 0.6 is 0 Å². The first-order valence-corrected chi connectivity index (χ1v) is 10.3. The number of anilines is 1.